The van der Waals surface area contributed by atoms with Gasteiger partial charge in [-0.3, -0.25) is 34.2 Å². The molecule has 1 fully saturated rings. The van der Waals surface area contributed by atoms with Crippen LogP contribution in [0.4, 0.5) is 0 Å². The molecule has 166 valence electrons. The fourth-order valence-electron chi connectivity index (χ4n) is 3.27. The molecule has 12 heteroatoms. The second-order valence-corrected chi connectivity index (χ2v) is 6.75. The summed E-state index contributed by atoms with van der Waals surface area (Å²) in [7, 11) is 0. The number of nitrogens with two attached hydrogens (primary N) is 2. The molecule has 3 rings (SSSR count). The van der Waals surface area contributed by atoms with E-state index in [1.807, 2.05) is 0 Å². The molecule has 1 aromatic rings. The predicted molar refractivity (Wildman–Crippen MR) is 103 cm³/mol. The van der Waals surface area contributed by atoms with Gasteiger partial charge in [0.15, 0.2) is 0 Å². The lowest BCUT2D eigenvalue weighted by atomic mass is 10.0. The van der Waals surface area contributed by atoms with Gasteiger partial charge in [0, 0.05) is 13.0 Å². The molecule has 1 aromatic carbocycles. The summed E-state index contributed by atoms with van der Waals surface area (Å²) in [6.45, 7) is 0.742. The Hall–Kier alpha value is -3.35. The highest BCUT2D eigenvalue weighted by atomic mass is 16.7. The van der Waals surface area contributed by atoms with Gasteiger partial charge in [-0.1, -0.05) is 6.07 Å². The van der Waals surface area contributed by atoms with Crippen LogP contribution >= 0.6 is 0 Å². The molecule has 2 heterocycles. The van der Waals surface area contributed by atoms with Crippen molar-refractivity contribution in [2.24, 2.45) is 11.5 Å². The van der Waals surface area contributed by atoms with Crippen LogP contribution in [0.3, 0.4) is 0 Å². The molecule has 2 aliphatic heterocycles. The maximum absolute atomic E-state index is 13.0. The van der Waals surface area contributed by atoms with Gasteiger partial charge in [0.2, 0.25) is 11.8 Å². The van der Waals surface area contributed by atoms with Gasteiger partial charge < -0.3 is 25.7 Å². The van der Waals surface area contributed by atoms with Crippen molar-refractivity contribution >= 4 is 29.5 Å². The lowest BCUT2D eigenvalue weighted by molar-refractivity contribution is -0.151. The molecular weight excluding hydrogens is 412 g/mol. The van der Waals surface area contributed by atoms with Crippen LogP contribution in [0.1, 0.15) is 33.6 Å². The predicted octanol–water partition coefficient (Wildman–Crippen LogP) is -1.73. The van der Waals surface area contributed by atoms with Crippen molar-refractivity contribution in [2.45, 2.75) is 25.2 Å². The molecule has 0 bridgehead atoms. The number of fused-ring (bicyclic) bond motifs is 1. The van der Waals surface area contributed by atoms with E-state index < -0.39 is 41.9 Å². The number of carbonyl (C=O) groups excluding carboxylic acids is 5. The molecule has 5 N–H and O–H groups in total. The van der Waals surface area contributed by atoms with E-state index in [0.29, 0.717) is 13.2 Å². The van der Waals surface area contributed by atoms with E-state index in [9.17, 15) is 24.0 Å². The number of imide groups is 2. The number of rotatable bonds is 10. The van der Waals surface area contributed by atoms with E-state index in [4.69, 9.17) is 25.7 Å². The maximum Gasteiger partial charge on any atom is 0.287 e. The normalized spacial score (nSPS) is 19.3. The molecule has 0 saturated carbocycles. The van der Waals surface area contributed by atoms with Gasteiger partial charge >= 0.3 is 0 Å². The Kier molecular flexibility index (Phi) is 6.95. The molecule has 0 radical (unpaired) electrons. The largest absolute Gasteiger partial charge is 0.454 e. The zero-order valence-electron chi connectivity index (χ0n) is 16.5. The summed E-state index contributed by atoms with van der Waals surface area (Å²) < 4.78 is 15.9. The highest BCUT2D eigenvalue weighted by Gasteiger charge is 2.46. The molecule has 5 amide bonds. The van der Waals surface area contributed by atoms with Crippen molar-refractivity contribution in [3.8, 4) is 5.75 Å². The van der Waals surface area contributed by atoms with E-state index >= 15 is 0 Å². The van der Waals surface area contributed by atoms with Crippen LogP contribution in [-0.4, -0.2) is 73.1 Å². The SMILES string of the molecule is NCCOCCOC(Oc1cccc2c1C(=O)N(C1CCC(=O)NC1=O)C2=O)C(N)=O. The Bertz CT molecular complexity index is 918. The molecular formula is C19H22N4O8. The Labute approximate surface area is 176 Å². The number of nitrogens with zero attached hydrogens (tertiary/aromatic N) is 1. The second-order valence-electron chi connectivity index (χ2n) is 6.75. The Morgan fingerprint density at radius 3 is 2.61 bits per heavy atom. The number of primary amides is 1. The number of amides is 5. The summed E-state index contributed by atoms with van der Waals surface area (Å²) in [5.74, 6) is -3.73. The number of nitrogens with one attached hydrogen (secondary N) is 1. The van der Waals surface area contributed by atoms with Gasteiger partial charge in [0.25, 0.3) is 24.0 Å². The number of carbonyl (C=O) groups is 5. The Morgan fingerprint density at radius 1 is 1.16 bits per heavy atom. The van der Waals surface area contributed by atoms with Gasteiger partial charge in [0.05, 0.1) is 30.9 Å². The van der Waals surface area contributed by atoms with E-state index in [0.717, 1.165) is 4.90 Å². The number of hydrogen-bond acceptors (Lipinski definition) is 9. The van der Waals surface area contributed by atoms with Crippen molar-refractivity contribution in [1.29, 1.82) is 0 Å². The van der Waals surface area contributed by atoms with Crippen LogP contribution in [0.25, 0.3) is 0 Å². The standard InChI is InChI=1S/C19H22N4O8/c20-6-7-29-8-9-30-19(15(21)25)31-12-3-1-2-10-14(12)18(28)23(17(10)27)11-4-5-13(24)22-16(11)26/h1-3,11,19H,4-9,20H2,(H2,21,25)(H,22,24,26). The smallest absolute Gasteiger partial charge is 0.287 e. The van der Waals surface area contributed by atoms with Crippen molar-refractivity contribution in [1.82, 2.24) is 10.2 Å². The van der Waals surface area contributed by atoms with E-state index in [2.05, 4.69) is 5.32 Å². The third-order valence-electron chi connectivity index (χ3n) is 4.66. The fourth-order valence-corrected chi connectivity index (χ4v) is 3.27. The molecule has 0 spiro atoms. The Morgan fingerprint density at radius 2 is 1.94 bits per heavy atom. The lowest BCUT2D eigenvalue weighted by Crippen LogP contribution is -2.54. The van der Waals surface area contributed by atoms with Crippen LogP contribution in [0.2, 0.25) is 0 Å². The Balaban J connectivity index is 1.78. The first-order valence-electron chi connectivity index (χ1n) is 9.55. The summed E-state index contributed by atoms with van der Waals surface area (Å²) in [6, 6.07) is 3.10. The van der Waals surface area contributed by atoms with Gasteiger partial charge in [0.1, 0.15) is 11.8 Å². The molecule has 31 heavy (non-hydrogen) atoms. The summed E-state index contributed by atoms with van der Waals surface area (Å²) in [4.78, 5) is 61.9. The molecule has 2 atom stereocenters. The van der Waals surface area contributed by atoms with Gasteiger partial charge in [-0.05, 0) is 18.6 Å². The summed E-state index contributed by atoms with van der Waals surface area (Å²) >= 11 is 0. The first-order valence-corrected chi connectivity index (χ1v) is 9.55. The van der Waals surface area contributed by atoms with Gasteiger partial charge in [-0.25, -0.2) is 0 Å². The molecule has 2 aliphatic rings. The molecule has 0 aliphatic carbocycles. The van der Waals surface area contributed by atoms with Crippen molar-refractivity contribution in [3.63, 3.8) is 0 Å². The zero-order chi connectivity index (χ0) is 22.5. The van der Waals surface area contributed by atoms with Crippen LogP contribution in [0.15, 0.2) is 18.2 Å². The molecule has 0 aromatic heterocycles. The third kappa shape index (κ3) is 4.71. The van der Waals surface area contributed by atoms with E-state index in [1.54, 1.807) is 0 Å². The van der Waals surface area contributed by atoms with Crippen LogP contribution in [0, 0.1) is 0 Å². The summed E-state index contributed by atoms with van der Waals surface area (Å²) in [6.07, 6.45) is -1.53. The highest BCUT2D eigenvalue weighted by molar-refractivity contribution is 6.24. The molecule has 2 unspecified atom stereocenters. The van der Waals surface area contributed by atoms with Crippen molar-refractivity contribution < 1.29 is 38.2 Å². The van der Waals surface area contributed by atoms with Gasteiger partial charge in [-0.15, -0.1) is 0 Å². The molecule has 12 nitrogen and oxygen atoms in total. The number of hydrogen-bond donors (Lipinski definition) is 3. The quantitative estimate of drug-likeness (QED) is 0.219. The topological polar surface area (TPSA) is 180 Å². The number of benzene rings is 1. The maximum atomic E-state index is 13.0. The average Bonchev–Trinajstić information content (AvgIpc) is 2.98. The van der Waals surface area contributed by atoms with Crippen LogP contribution in [0.5, 0.6) is 5.75 Å². The number of ether oxygens (including phenoxy) is 3. The summed E-state index contributed by atoms with van der Waals surface area (Å²) in [5.41, 5.74) is 10.5. The van der Waals surface area contributed by atoms with Crippen LogP contribution < -0.4 is 21.5 Å². The highest BCUT2D eigenvalue weighted by Crippen LogP contribution is 2.34. The van der Waals surface area contributed by atoms with Crippen molar-refractivity contribution in [3.05, 3.63) is 29.3 Å². The summed E-state index contributed by atoms with van der Waals surface area (Å²) in [5, 5.41) is 2.12. The lowest BCUT2D eigenvalue weighted by Gasteiger charge is -2.27. The van der Waals surface area contributed by atoms with E-state index in [-0.39, 0.29) is 42.9 Å². The monoisotopic (exact) mass is 434 g/mol. The third-order valence-corrected chi connectivity index (χ3v) is 4.66. The average molecular weight is 434 g/mol. The van der Waals surface area contributed by atoms with Crippen molar-refractivity contribution in [2.75, 3.05) is 26.4 Å². The second kappa shape index (κ2) is 9.64. The fraction of sp³-hybridized carbons (Fsp3) is 0.421. The minimum atomic E-state index is -1.54. The first-order chi connectivity index (χ1) is 14.8. The van der Waals surface area contributed by atoms with Gasteiger partial charge in [-0.2, -0.15) is 0 Å². The molecule has 1 saturated heterocycles. The van der Waals surface area contributed by atoms with E-state index in [1.165, 1.54) is 18.2 Å². The zero-order valence-corrected chi connectivity index (χ0v) is 16.5. The minimum Gasteiger partial charge on any atom is -0.454 e. The first kappa shape index (κ1) is 22.3. The number of piperidine rings is 1. The minimum absolute atomic E-state index is 0.00157. The van der Waals surface area contributed by atoms with Crippen LogP contribution in [-0.2, 0) is 23.9 Å².